The number of unbranched alkanes of at least 4 members (excludes halogenated alkanes) is 1. The van der Waals surface area contributed by atoms with Gasteiger partial charge in [0, 0.05) is 12.7 Å². The molecule has 0 N–H and O–H groups in total. The Morgan fingerprint density at radius 1 is 0.850 bits per heavy atom. The van der Waals surface area contributed by atoms with Gasteiger partial charge in [0.05, 0.1) is 31.3 Å². The minimum atomic E-state index is -0.345. The van der Waals surface area contributed by atoms with Crippen molar-refractivity contribution in [1.82, 2.24) is 9.47 Å². The van der Waals surface area contributed by atoms with Crippen molar-refractivity contribution in [2.45, 2.75) is 32.7 Å². The fourth-order valence-corrected chi connectivity index (χ4v) is 5.39. The molecule has 4 aromatic rings. The predicted molar refractivity (Wildman–Crippen MR) is 157 cm³/mol. The van der Waals surface area contributed by atoms with Gasteiger partial charge in [-0.05, 0) is 55.3 Å². The Hall–Kier alpha value is -4.52. The molecule has 0 saturated carbocycles. The lowest BCUT2D eigenvalue weighted by atomic mass is 9.97. The number of hydrogen-bond acceptors (Lipinski definition) is 4. The second kappa shape index (κ2) is 11.7. The lowest BCUT2D eigenvalue weighted by molar-refractivity contribution is -0.119. The van der Waals surface area contributed by atoms with Crippen molar-refractivity contribution in [3.63, 3.8) is 0 Å². The lowest BCUT2D eigenvalue weighted by Gasteiger charge is -2.39. The molecule has 0 spiro atoms. The largest absolute Gasteiger partial charge is 0.496 e. The highest BCUT2D eigenvalue weighted by atomic mass is 16.5. The Balaban J connectivity index is 1.57. The van der Waals surface area contributed by atoms with E-state index in [-0.39, 0.29) is 24.4 Å². The molecule has 2 heterocycles. The number of aromatic nitrogens is 1. The van der Waals surface area contributed by atoms with Crippen molar-refractivity contribution in [2.75, 3.05) is 32.2 Å². The number of fused-ring (bicyclic) bond motifs is 3. The Labute approximate surface area is 235 Å². The van der Waals surface area contributed by atoms with E-state index < -0.39 is 0 Å². The molecule has 0 fully saturated rings. The fraction of sp³-hybridized carbons (Fsp3) is 0.273. The maximum absolute atomic E-state index is 14.4. The number of aryl methyl sites for hydroxylation is 1. The van der Waals surface area contributed by atoms with E-state index in [4.69, 9.17) is 9.47 Å². The van der Waals surface area contributed by atoms with Crippen molar-refractivity contribution in [1.29, 1.82) is 0 Å². The third-order valence-electron chi connectivity index (χ3n) is 7.42. The van der Waals surface area contributed by atoms with Crippen LogP contribution in [0.2, 0.25) is 0 Å². The zero-order valence-electron chi connectivity index (χ0n) is 23.5. The molecule has 7 heteroatoms. The Morgan fingerprint density at radius 2 is 1.52 bits per heavy atom. The van der Waals surface area contributed by atoms with Gasteiger partial charge in [-0.1, -0.05) is 61.4 Å². The number of carbonyl (C=O) groups excluding carboxylic acids is 2. The van der Waals surface area contributed by atoms with Crippen LogP contribution >= 0.6 is 0 Å². The van der Waals surface area contributed by atoms with Gasteiger partial charge in [-0.3, -0.25) is 14.5 Å². The number of anilines is 1. The summed E-state index contributed by atoms with van der Waals surface area (Å²) in [6, 6.07) is 25.2. The fourth-order valence-electron chi connectivity index (χ4n) is 5.39. The van der Waals surface area contributed by atoms with E-state index in [0.29, 0.717) is 23.6 Å². The third kappa shape index (κ3) is 4.95. The Bertz CT molecular complexity index is 1490. The topological polar surface area (TPSA) is 64.0 Å². The summed E-state index contributed by atoms with van der Waals surface area (Å²) in [7, 11) is 3.05. The minimum Gasteiger partial charge on any atom is -0.496 e. The molecule has 1 aliphatic heterocycles. The molecule has 7 nitrogen and oxygen atoms in total. The van der Waals surface area contributed by atoms with Crippen LogP contribution in [0.4, 0.5) is 5.69 Å². The summed E-state index contributed by atoms with van der Waals surface area (Å²) in [5.41, 5.74) is 5.20. The van der Waals surface area contributed by atoms with Gasteiger partial charge in [0.15, 0.2) is 0 Å². The van der Waals surface area contributed by atoms with Crippen LogP contribution in [0.1, 0.15) is 53.0 Å². The summed E-state index contributed by atoms with van der Waals surface area (Å²) in [4.78, 5) is 31.9. The second-order valence-corrected chi connectivity index (χ2v) is 9.99. The molecule has 5 rings (SSSR count). The summed E-state index contributed by atoms with van der Waals surface area (Å²) in [6.45, 7) is 4.46. The molecule has 1 aliphatic rings. The number of para-hydroxylation sites is 2. The molecule has 0 bridgehead atoms. The summed E-state index contributed by atoms with van der Waals surface area (Å²) in [5, 5.41) is 0. The van der Waals surface area contributed by atoms with E-state index >= 15 is 0 Å². The first kappa shape index (κ1) is 27.1. The van der Waals surface area contributed by atoms with Gasteiger partial charge in [-0.2, -0.15) is 0 Å². The Kier molecular flexibility index (Phi) is 7.91. The molecular formula is C33H35N3O4. The maximum Gasteiger partial charge on any atom is 0.261 e. The first-order valence-electron chi connectivity index (χ1n) is 13.6. The normalized spacial score (nSPS) is 13.8. The number of carbonyl (C=O) groups is 2. The van der Waals surface area contributed by atoms with Crippen LogP contribution in [0.5, 0.6) is 11.5 Å². The average molecular weight is 538 g/mol. The molecule has 0 saturated heterocycles. The highest BCUT2D eigenvalue weighted by Crippen LogP contribution is 2.42. The molecule has 2 amide bonds. The number of benzene rings is 3. The Morgan fingerprint density at radius 3 is 2.17 bits per heavy atom. The van der Waals surface area contributed by atoms with E-state index in [1.54, 1.807) is 23.1 Å². The smallest absolute Gasteiger partial charge is 0.261 e. The summed E-state index contributed by atoms with van der Waals surface area (Å²) < 4.78 is 13.2. The van der Waals surface area contributed by atoms with Crippen molar-refractivity contribution >= 4 is 17.5 Å². The number of amides is 2. The van der Waals surface area contributed by atoms with E-state index in [1.165, 1.54) is 14.2 Å². The van der Waals surface area contributed by atoms with Crippen molar-refractivity contribution in [3.05, 3.63) is 107 Å². The van der Waals surface area contributed by atoms with E-state index in [1.807, 2.05) is 41.4 Å². The van der Waals surface area contributed by atoms with E-state index in [0.717, 1.165) is 41.0 Å². The van der Waals surface area contributed by atoms with Gasteiger partial charge >= 0.3 is 0 Å². The zero-order chi connectivity index (χ0) is 28.2. The highest BCUT2D eigenvalue weighted by Gasteiger charge is 2.37. The first-order valence-corrected chi connectivity index (χ1v) is 13.6. The van der Waals surface area contributed by atoms with Crippen LogP contribution in [0, 0.1) is 6.92 Å². The molecule has 1 atom stereocenters. The van der Waals surface area contributed by atoms with E-state index in [9.17, 15) is 9.59 Å². The second-order valence-electron chi connectivity index (χ2n) is 9.99. The monoisotopic (exact) mass is 537 g/mol. The summed E-state index contributed by atoms with van der Waals surface area (Å²) >= 11 is 0. The highest BCUT2D eigenvalue weighted by molar-refractivity contribution is 6.04. The van der Waals surface area contributed by atoms with Gasteiger partial charge in [-0.15, -0.1) is 0 Å². The summed E-state index contributed by atoms with van der Waals surface area (Å²) in [6.07, 6.45) is 3.67. The molecule has 0 aliphatic carbocycles. The molecule has 206 valence electrons. The average Bonchev–Trinajstić information content (AvgIpc) is 3.48. The number of ether oxygens (including phenoxy) is 2. The molecule has 0 radical (unpaired) electrons. The lowest BCUT2D eigenvalue weighted by Crippen LogP contribution is -2.47. The van der Waals surface area contributed by atoms with Crippen molar-refractivity contribution in [3.8, 4) is 17.2 Å². The summed E-state index contributed by atoms with van der Waals surface area (Å²) in [5.74, 6) is 0.370. The molecule has 1 aromatic heterocycles. The number of methoxy groups -OCH3 is 2. The molecule has 40 heavy (non-hydrogen) atoms. The quantitative estimate of drug-likeness (QED) is 0.256. The van der Waals surface area contributed by atoms with Crippen molar-refractivity contribution in [2.24, 2.45) is 0 Å². The first-order chi connectivity index (χ1) is 19.5. The van der Waals surface area contributed by atoms with Gasteiger partial charge in [0.1, 0.15) is 29.6 Å². The van der Waals surface area contributed by atoms with Crippen LogP contribution in [-0.2, 0) is 4.79 Å². The van der Waals surface area contributed by atoms with Gasteiger partial charge in [0.25, 0.3) is 5.91 Å². The molecular weight excluding hydrogens is 502 g/mol. The predicted octanol–water partition coefficient (Wildman–Crippen LogP) is 6.18. The van der Waals surface area contributed by atoms with Crippen LogP contribution < -0.4 is 14.4 Å². The minimum absolute atomic E-state index is 0.0859. The van der Waals surface area contributed by atoms with Crippen LogP contribution in [0.25, 0.3) is 5.69 Å². The van der Waals surface area contributed by atoms with Crippen LogP contribution in [0.3, 0.4) is 0 Å². The number of rotatable bonds is 9. The number of hydrogen-bond donors (Lipinski definition) is 0. The molecule has 3 aromatic carbocycles. The number of nitrogens with zero attached hydrogens (tertiary/aromatic N) is 3. The standard InChI is InChI=1S/C33H35N3O4/c1-5-6-20-34(33(38)31-28(39-3)14-9-15-29(31)40-4)22-30(37)36-26-12-8-7-11-25(26)35-21-10-13-27(35)32(36)24-18-16-23(2)17-19-24/h7-19,21,32H,5-6,20,22H2,1-4H3. The van der Waals surface area contributed by atoms with Gasteiger partial charge in [-0.25, -0.2) is 0 Å². The van der Waals surface area contributed by atoms with E-state index in [2.05, 4.69) is 48.7 Å². The van der Waals surface area contributed by atoms with Gasteiger partial charge < -0.3 is 18.9 Å². The van der Waals surface area contributed by atoms with Crippen LogP contribution in [0.15, 0.2) is 85.1 Å². The maximum atomic E-state index is 14.4. The molecule has 1 unspecified atom stereocenters. The SMILES string of the molecule is CCCCN(CC(=O)N1c2ccccc2-n2cccc2C1c1ccc(C)cc1)C(=O)c1c(OC)cccc1OC. The van der Waals surface area contributed by atoms with Crippen LogP contribution in [-0.4, -0.2) is 48.6 Å². The van der Waals surface area contributed by atoms with Crippen molar-refractivity contribution < 1.29 is 19.1 Å². The van der Waals surface area contributed by atoms with Gasteiger partial charge in [0.2, 0.25) is 5.91 Å². The third-order valence-corrected chi connectivity index (χ3v) is 7.42. The zero-order valence-corrected chi connectivity index (χ0v) is 23.5.